The molecule has 0 saturated carbocycles. The van der Waals surface area contributed by atoms with Crippen molar-refractivity contribution < 1.29 is 36.7 Å². The molecule has 0 aromatic heterocycles. The van der Waals surface area contributed by atoms with Crippen molar-refractivity contribution in [1.29, 1.82) is 0 Å². The Morgan fingerprint density at radius 2 is 1.38 bits per heavy atom. The number of benzene rings is 4. The predicted molar refractivity (Wildman–Crippen MR) is 176 cm³/mol. The first-order valence-corrected chi connectivity index (χ1v) is 17.6. The summed E-state index contributed by atoms with van der Waals surface area (Å²) in [5.41, 5.74) is 5.35. The first-order chi connectivity index (χ1) is 22.8. The summed E-state index contributed by atoms with van der Waals surface area (Å²) in [7, 11) is -2.81. The number of hydrogen-bond donors (Lipinski definition) is 1. The number of rotatable bonds is 11. The molecule has 0 saturated heterocycles. The molecular formula is C38H38O8S. The van der Waals surface area contributed by atoms with E-state index in [1.165, 1.54) is 23.3 Å². The second kappa shape index (κ2) is 12.9. The van der Waals surface area contributed by atoms with Gasteiger partial charge in [-0.05, 0) is 83.7 Å². The van der Waals surface area contributed by atoms with Crippen molar-refractivity contribution in [3.05, 3.63) is 124 Å². The average molecular weight is 655 g/mol. The van der Waals surface area contributed by atoms with Gasteiger partial charge < -0.3 is 18.9 Å². The van der Waals surface area contributed by atoms with E-state index in [4.69, 9.17) is 18.9 Å². The summed E-state index contributed by atoms with van der Waals surface area (Å²) in [4.78, 5) is 15.1. The van der Waals surface area contributed by atoms with E-state index >= 15 is 4.79 Å². The minimum atomic E-state index is -4.44. The fourth-order valence-electron chi connectivity index (χ4n) is 8.03. The molecule has 0 heterocycles. The van der Waals surface area contributed by atoms with Gasteiger partial charge in [0.1, 0.15) is 23.5 Å². The van der Waals surface area contributed by atoms with Crippen LogP contribution in [0.4, 0.5) is 0 Å². The number of fused-ring (bicyclic) bond motifs is 2. The van der Waals surface area contributed by atoms with Crippen LogP contribution in [0.25, 0.3) is 0 Å². The van der Waals surface area contributed by atoms with Crippen LogP contribution < -0.4 is 9.47 Å². The Morgan fingerprint density at radius 1 is 0.766 bits per heavy atom. The molecule has 4 aliphatic carbocycles. The maximum atomic E-state index is 15.2. The van der Waals surface area contributed by atoms with E-state index in [1.807, 2.05) is 48.5 Å². The number of methoxy groups -OCH3 is 1. The third-order valence-electron chi connectivity index (χ3n) is 9.96. The van der Waals surface area contributed by atoms with Gasteiger partial charge in [-0.25, -0.2) is 0 Å². The van der Waals surface area contributed by atoms with Gasteiger partial charge in [0.05, 0.1) is 24.7 Å². The van der Waals surface area contributed by atoms with E-state index in [9.17, 15) is 13.0 Å². The molecular weight excluding hydrogens is 616 g/mol. The van der Waals surface area contributed by atoms with E-state index in [0.717, 1.165) is 29.5 Å². The highest BCUT2D eigenvalue weighted by Gasteiger charge is 2.60. The van der Waals surface area contributed by atoms with Gasteiger partial charge in [0, 0.05) is 24.5 Å². The molecule has 47 heavy (non-hydrogen) atoms. The molecule has 8 rings (SSSR count). The molecule has 2 bridgehead atoms. The van der Waals surface area contributed by atoms with Crippen molar-refractivity contribution >= 4 is 16.1 Å². The molecule has 0 spiro atoms. The lowest BCUT2D eigenvalue weighted by Crippen LogP contribution is -2.52. The number of para-hydroxylation sites is 1. The molecule has 8 nitrogen and oxygen atoms in total. The summed E-state index contributed by atoms with van der Waals surface area (Å²) in [5.74, 6) is 0.0935. The van der Waals surface area contributed by atoms with Crippen molar-refractivity contribution in [3.8, 4) is 11.5 Å². The topological polar surface area (TPSA) is 108 Å². The monoisotopic (exact) mass is 654 g/mol. The number of carbonyl (C=O) groups is 1. The molecule has 244 valence electrons. The van der Waals surface area contributed by atoms with Crippen LogP contribution >= 0.6 is 0 Å². The Hall–Kier alpha value is -4.02. The molecule has 4 aromatic rings. The summed E-state index contributed by atoms with van der Waals surface area (Å²) < 4.78 is 58.1. The second-order valence-electron chi connectivity index (χ2n) is 12.5. The SMILES string of the molecule is COCCOCCOc1ccccc1C1(C(=O)Oc2ccc(S(=O)(=O)O)c3c2CCCC3)CC2c3ccccc3C1c1ccccc12. The minimum absolute atomic E-state index is 0.0544. The van der Waals surface area contributed by atoms with Crippen molar-refractivity contribution in [2.45, 2.75) is 54.3 Å². The molecule has 1 unspecified atom stereocenters. The van der Waals surface area contributed by atoms with Crippen molar-refractivity contribution in [2.24, 2.45) is 0 Å². The summed E-state index contributed by atoms with van der Waals surface area (Å²) in [5, 5.41) is 0. The zero-order valence-electron chi connectivity index (χ0n) is 26.3. The van der Waals surface area contributed by atoms with E-state index in [2.05, 4.69) is 24.3 Å². The zero-order valence-corrected chi connectivity index (χ0v) is 27.1. The summed E-state index contributed by atoms with van der Waals surface area (Å²) in [6.45, 7) is 1.59. The first kappa shape index (κ1) is 31.6. The Labute approximate surface area is 275 Å². The fraction of sp³-hybridized carbons (Fsp3) is 0.342. The van der Waals surface area contributed by atoms with E-state index < -0.39 is 21.5 Å². The standard InChI is InChI=1S/C38H38O8S/c1-43-20-21-44-22-23-45-34-17-9-8-16-32(34)38(24-31-25-10-2-6-14-29(25)36(38)30-15-7-3-11-26(30)31)37(39)46-33-18-19-35(47(40,41)42)28-13-5-4-12-27(28)33/h2-3,6-11,14-19,31,36H,4-5,12-13,20-24H2,1H3,(H,40,41,42). The van der Waals surface area contributed by atoms with Crippen LogP contribution in [0.2, 0.25) is 0 Å². The van der Waals surface area contributed by atoms with Gasteiger partial charge in [-0.1, -0.05) is 66.7 Å². The van der Waals surface area contributed by atoms with E-state index in [-0.39, 0.29) is 23.3 Å². The van der Waals surface area contributed by atoms with E-state index in [1.54, 1.807) is 7.11 Å². The van der Waals surface area contributed by atoms with Crippen molar-refractivity contribution in [2.75, 3.05) is 33.5 Å². The van der Waals surface area contributed by atoms with Crippen LogP contribution in [-0.2, 0) is 42.6 Å². The lowest BCUT2D eigenvalue weighted by Gasteiger charge is -2.52. The highest BCUT2D eigenvalue weighted by Crippen LogP contribution is 2.63. The first-order valence-electron chi connectivity index (χ1n) is 16.2. The molecule has 9 heteroatoms. The lowest BCUT2D eigenvalue weighted by atomic mass is 9.50. The van der Waals surface area contributed by atoms with Gasteiger partial charge in [-0.2, -0.15) is 8.42 Å². The van der Waals surface area contributed by atoms with Gasteiger partial charge in [0.25, 0.3) is 10.1 Å². The molecule has 0 radical (unpaired) electrons. The Kier molecular flexibility index (Phi) is 8.65. The van der Waals surface area contributed by atoms with Gasteiger partial charge >= 0.3 is 5.97 Å². The quantitative estimate of drug-likeness (QED) is 0.0860. The van der Waals surface area contributed by atoms with Crippen LogP contribution in [-0.4, -0.2) is 52.5 Å². The Morgan fingerprint density at radius 3 is 2.06 bits per heavy atom. The third-order valence-corrected chi connectivity index (χ3v) is 10.9. The largest absolute Gasteiger partial charge is 0.491 e. The molecule has 1 N–H and O–H groups in total. The average Bonchev–Trinajstić information content (AvgIpc) is 3.09. The number of esters is 1. The molecule has 1 atom stereocenters. The van der Waals surface area contributed by atoms with Crippen molar-refractivity contribution in [1.82, 2.24) is 0 Å². The van der Waals surface area contributed by atoms with Gasteiger partial charge in [-0.15, -0.1) is 0 Å². The molecule has 0 aliphatic heterocycles. The van der Waals surface area contributed by atoms with Gasteiger partial charge in [0.15, 0.2) is 0 Å². The Balaban J connectivity index is 1.36. The lowest BCUT2D eigenvalue weighted by molar-refractivity contribution is -0.143. The van der Waals surface area contributed by atoms with Gasteiger partial charge in [-0.3, -0.25) is 9.35 Å². The summed E-state index contributed by atoms with van der Waals surface area (Å²) in [6, 6.07) is 27.2. The minimum Gasteiger partial charge on any atom is -0.491 e. The smallest absolute Gasteiger partial charge is 0.323 e. The molecule has 4 aliphatic rings. The van der Waals surface area contributed by atoms with Crippen LogP contribution in [0.1, 0.15) is 70.0 Å². The zero-order chi connectivity index (χ0) is 32.6. The summed E-state index contributed by atoms with van der Waals surface area (Å²) in [6.07, 6.45) is 3.12. The fourth-order valence-corrected chi connectivity index (χ4v) is 8.81. The summed E-state index contributed by atoms with van der Waals surface area (Å²) >= 11 is 0. The van der Waals surface area contributed by atoms with Gasteiger partial charge in [0.2, 0.25) is 0 Å². The van der Waals surface area contributed by atoms with Crippen LogP contribution in [0, 0.1) is 0 Å². The highest BCUT2D eigenvalue weighted by atomic mass is 32.2. The van der Waals surface area contributed by atoms with Crippen LogP contribution in [0.5, 0.6) is 11.5 Å². The Bertz CT molecular complexity index is 1870. The maximum Gasteiger partial charge on any atom is 0.323 e. The molecule has 0 fully saturated rings. The van der Waals surface area contributed by atoms with E-state index in [0.29, 0.717) is 61.7 Å². The van der Waals surface area contributed by atoms with Crippen LogP contribution in [0.15, 0.2) is 89.8 Å². The maximum absolute atomic E-state index is 15.2. The number of carbonyl (C=O) groups excluding carboxylic acids is 1. The molecule has 0 amide bonds. The number of hydrogen-bond acceptors (Lipinski definition) is 7. The normalized spacial score (nSPS) is 21.0. The second-order valence-corrected chi connectivity index (χ2v) is 13.8. The van der Waals surface area contributed by atoms with Crippen LogP contribution in [0.3, 0.4) is 0 Å². The highest BCUT2D eigenvalue weighted by molar-refractivity contribution is 7.85. The predicted octanol–water partition coefficient (Wildman–Crippen LogP) is 6.38. The third kappa shape index (κ3) is 5.55. The molecule has 4 aromatic carbocycles. The van der Waals surface area contributed by atoms with Crippen molar-refractivity contribution in [3.63, 3.8) is 0 Å². The number of ether oxygens (including phenoxy) is 4.